The lowest BCUT2D eigenvalue weighted by atomic mass is 9.93. The van der Waals surface area contributed by atoms with Crippen LogP contribution < -0.4 is 9.64 Å². The number of anilines is 1. The van der Waals surface area contributed by atoms with E-state index in [0.29, 0.717) is 29.5 Å². The quantitative estimate of drug-likeness (QED) is 0.0514. The molecule has 282 valence electrons. The molecule has 0 fully saturated rings. The Kier molecular flexibility index (Phi) is 13.5. The number of halogens is 3. The molecule has 1 aliphatic rings. The minimum absolute atomic E-state index is 0.0202. The van der Waals surface area contributed by atoms with Gasteiger partial charge < -0.3 is 18.7 Å². The second-order valence-corrected chi connectivity index (χ2v) is 15.7. The number of hydrogen-bond acceptors (Lipinski definition) is 8. The predicted molar refractivity (Wildman–Crippen MR) is 206 cm³/mol. The number of amides is 1. The number of hydrogen-bond donors (Lipinski definition) is 0. The first-order valence-corrected chi connectivity index (χ1v) is 19.0. The second-order valence-electron chi connectivity index (χ2n) is 13.8. The number of ketones is 1. The Hall–Kier alpha value is -4.10. The first kappa shape index (κ1) is 40.1. The molecule has 0 saturated carbocycles. The fourth-order valence-electron chi connectivity index (χ4n) is 6.06. The van der Waals surface area contributed by atoms with Crippen molar-refractivity contribution >= 4 is 58.5 Å². The zero-order valence-electron chi connectivity index (χ0n) is 30.5. The van der Waals surface area contributed by atoms with E-state index in [-0.39, 0.29) is 48.1 Å². The lowest BCUT2D eigenvalue weighted by molar-refractivity contribution is -0.870. The second kappa shape index (κ2) is 17.8. The number of nitrogens with zero attached hydrogens (tertiary/aromatic N) is 4. The van der Waals surface area contributed by atoms with Gasteiger partial charge in [0, 0.05) is 67.7 Å². The van der Waals surface area contributed by atoms with Crippen molar-refractivity contribution in [3.8, 4) is 16.9 Å². The number of thioether (sulfide) groups is 1. The topological polar surface area (TPSA) is 100.0 Å². The summed E-state index contributed by atoms with van der Waals surface area (Å²) in [5.74, 6) is -0.829. The van der Waals surface area contributed by atoms with Gasteiger partial charge >= 0.3 is 12.1 Å². The smallest absolute Gasteiger partial charge is 0.414 e. The molecule has 1 aromatic heterocycles. The molecule has 4 aromatic rings. The van der Waals surface area contributed by atoms with Gasteiger partial charge in [-0.3, -0.25) is 19.2 Å². The highest BCUT2D eigenvalue weighted by molar-refractivity contribution is 7.99. The third-order valence-electron chi connectivity index (χ3n) is 8.93. The summed E-state index contributed by atoms with van der Waals surface area (Å²) >= 11 is 14.3. The van der Waals surface area contributed by atoms with Crippen molar-refractivity contribution in [2.75, 3.05) is 65.2 Å². The lowest BCUT2D eigenvalue weighted by Crippen LogP contribution is -2.36. The van der Waals surface area contributed by atoms with Crippen molar-refractivity contribution in [2.45, 2.75) is 37.6 Å². The van der Waals surface area contributed by atoms with E-state index < -0.39 is 23.8 Å². The number of aromatic nitrogens is 2. The largest absolute Gasteiger partial charge is 0.490 e. The maximum atomic E-state index is 15.5. The van der Waals surface area contributed by atoms with Crippen LogP contribution in [0.15, 0.2) is 65.8 Å². The number of ether oxygens (including phenoxy) is 3. The van der Waals surface area contributed by atoms with Gasteiger partial charge in [0.25, 0.3) is 0 Å². The zero-order chi connectivity index (χ0) is 38.3. The maximum Gasteiger partial charge on any atom is 0.414 e. The van der Waals surface area contributed by atoms with E-state index in [9.17, 15) is 14.4 Å². The number of carbonyl (C=O) groups excluding carboxylic acids is 3. The van der Waals surface area contributed by atoms with Crippen molar-refractivity contribution in [1.29, 1.82) is 0 Å². The molecule has 3 aromatic carbocycles. The van der Waals surface area contributed by atoms with Gasteiger partial charge in [0.2, 0.25) is 0 Å². The molecule has 2 heterocycles. The van der Waals surface area contributed by atoms with Crippen LogP contribution in [0.3, 0.4) is 0 Å². The predicted octanol–water partition coefficient (Wildman–Crippen LogP) is 8.33. The Bertz CT molecular complexity index is 1940. The monoisotopic (exact) mass is 785 g/mol. The van der Waals surface area contributed by atoms with E-state index >= 15 is 4.39 Å². The Morgan fingerprint density at radius 3 is 2.57 bits per heavy atom. The molecule has 0 N–H and O–H groups in total. The van der Waals surface area contributed by atoms with Crippen molar-refractivity contribution in [2.24, 2.45) is 5.92 Å². The van der Waals surface area contributed by atoms with Gasteiger partial charge in [-0.25, -0.2) is 9.18 Å². The van der Waals surface area contributed by atoms with Crippen LogP contribution in [0.25, 0.3) is 11.1 Å². The van der Waals surface area contributed by atoms with E-state index in [2.05, 4.69) is 26.2 Å². The lowest BCUT2D eigenvalue weighted by Gasteiger charge is -2.29. The number of Topliss-reactive ketones (excluding diaryl/α,β-unsaturated/α-hetero) is 1. The maximum absolute atomic E-state index is 15.5. The summed E-state index contributed by atoms with van der Waals surface area (Å²) in [6.07, 6.45) is 4.10. The van der Waals surface area contributed by atoms with Crippen molar-refractivity contribution in [3.05, 3.63) is 93.5 Å². The molecule has 1 aliphatic heterocycles. The van der Waals surface area contributed by atoms with Gasteiger partial charge in [-0.05, 0) is 50.1 Å². The summed E-state index contributed by atoms with van der Waals surface area (Å²) in [7, 11) is 7.47. The Morgan fingerprint density at radius 1 is 1.06 bits per heavy atom. The molecule has 0 radical (unpaired) electrons. The minimum atomic E-state index is -0.646. The summed E-state index contributed by atoms with van der Waals surface area (Å²) in [5.41, 5.74) is 3.46. The summed E-state index contributed by atoms with van der Waals surface area (Å²) in [5, 5.41) is 5.15. The van der Waals surface area contributed by atoms with Gasteiger partial charge in [-0.2, -0.15) is 5.10 Å². The van der Waals surface area contributed by atoms with E-state index in [4.69, 9.17) is 37.4 Å². The molecule has 1 amide bonds. The van der Waals surface area contributed by atoms with Crippen molar-refractivity contribution in [3.63, 3.8) is 0 Å². The molecule has 53 heavy (non-hydrogen) atoms. The van der Waals surface area contributed by atoms with Gasteiger partial charge in [0.05, 0.1) is 59.1 Å². The number of rotatable bonds is 15. The van der Waals surface area contributed by atoms with E-state index in [1.165, 1.54) is 13.2 Å². The van der Waals surface area contributed by atoms with E-state index in [0.717, 1.165) is 50.8 Å². The van der Waals surface area contributed by atoms with Gasteiger partial charge in [0.15, 0.2) is 5.78 Å². The Morgan fingerprint density at radius 2 is 1.83 bits per heavy atom. The number of benzene rings is 3. The number of carbonyl (C=O) groups is 3. The van der Waals surface area contributed by atoms with Crippen LogP contribution >= 0.6 is 35.0 Å². The van der Waals surface area contributed by atoms with Gasteiger partial charge in [0.1, 0.15) is 24.8 Å². The van der Waals surface area contributed by atoms with Crippen molar-refractivity contribution in [1.82, 2.24) is 9.78 Å². The number of quaternary nitrogens is 1. The molecule has 0 spiro atoms. The molecule has 0 aliphatic carbocycles. The fraction of sp³-hybridized carbons (Fsp3) is 0.385. The molecule has 14 heteroatoms. The SMILES string of the molecule is COC(=O)[C@H](CCC[N+](C)(C)C)CC(=O)c1cc(F)c(Cn2cc(-c3cccc4c3SCCN4C(=O)OCCOc3cccc(Cl)c3C)cn2)c(Cl)c1. The van der Waals surface area contributed by atoms with Crippen LogP contribution in [0.2, 0.25) is 10.0 Å². The summed E-state index contributed by atoms with van der Waals surface area (Å²) in [6, 6.07) is 13.7. The molecule has 1 atom stereocenters. The standard InChI is InChI=1S/C39H44Cl2FN4O6S/c1-25-31(40)11-7-13-36(25)51-16-17-52-39(49)45-14-18-53-37-29(10-6-12-34(37)45)28-22-43-44(23-28)24-30-32(41)19-27(20-33(30)42)35(47)21-26(38(48)50-5)9-8-15-46(2,3)4/h6-7,10-13,19-20,22-23,26H,8-9,14-18,21,24H2,1-5H3/q+1/t26-/m1/s1. The highest BCUT2D eigenvalue weighted by Crippen LogP contribution is 2.42. The third kappa shape index (κ3) is 10.3. The highest BCUT2D eigenvalue weighted by Gasteiger charge is 2.28. The van der Waals surface area contributed by atoms with Crippen LogP contribution in [-0.4, -0.2) is 92.4 Å². The normalized spacial score (nSPS) is 13.3. The van der Waals surface area contributed by atoms with Gasteiger partial charge in [-0.15, -0.1) is 11.8 Å². The number of methoxy groups -OCH3 is 1. The Balaban J connectivity index is 1.24. The van der Waals surface area contributed by atoms with Crippen LogP contribution in [0.5, 0.6) is 5.75 Å². The molecular formula is C39H44Cl2FN4O6S+. The number of fused-ring (bicyclic) bond motifs is 1. The van der Waals surface area contributed by atoms with Crippen LogP contribution in [-0.2, 0) is 20.8 Å². The molecule has 5 rings (SSSR count). The molecule has 0 saturated heterocycles. The molecular weight excluding hydrogens is 742 g/mol. The average Bonchev–Trinajstić information content (AvgIpc) is 3.59. The summed E-state index contributed by atoms with van der Waals surface area (Å²) < 4.78 is 34.1. The van der Waals surface area contributed by atoms with E-state index in [1.807, 2.05) is 31.2 Å². The molecule has 0 unspecified atom stereocenters. The fourth-order valence-corrected chi connectivity index (χ4v) is 7.64. The zero-order valence-corrected chi connectivity index (χ0v) is 32.8. The van der Waals surface area contributed by atoms with Crippen LogP contribution in [0.4, 0.5) is 14.9 Å². The highest BCUT2D eigenvalue weighted by atomic mass is 35.5. The summed E-state index contributed by atoms with van der Waals surface area (Å²) in [6.45, 7) is 3.43. The van der Waals surface area contributed by atoms with Crippen LogP contribution in [0, 0.1) is 18.7 Å². The van der Waals surface area contributed by atoms with Gasteiger partial charge in [-0.1, -0.05) is 41.4 Å². The molecule has 10 nitrogen and oxygen atoms in total. The first-order chi connectivity index (χ1) is 25.3. The summed E-state index contributed by atoms with van der Waals surface area (Å²) in [4.78, 5) is 41.3. The third-order valence-corrected chi connectivity index (χ3v) is 10.8. The molecule has 0 bridgehead atoms. The van der Waals surface area contributed by atoms with E-state index in [1.54, 1.807) is 45.9 Å². The Labute approximate surface area is 323 Å². The van der Waals surface area contributed by atoms with Crippen LogP contribution in [0.1, 0.15) is 40.7 Å². The minimum Gasteiger partial charge on any atom is -0.490 e. The number of esters is 1. The first-order valence-electron chi connectivity index (χ1n) is 17.3. The average molecular weight is 787 g/mol. The van der Waals surface area contributed by atoms with Crippen molar-refractivity contribution < 1.29 is 37.5 Å².